The third kappa shape index (κ3) is 10.8. The molecule has 0 aromatic heterocycles. The van der Waals surface area contributed by atoms with Crippen LogP contribution >= 0.6 is 6.89 Å². The van der Waals surface area contributed by atoms with Gasteiger partial charge in [0.05, 0.1) is 13.2 Å². The van der Waals surface area contributed by atoms with E-state index in [9.17, 15) is 9.59 Å². The number of hydrogen-bond donors (Lipinski definition) is 0. The molecule has 0 bridgehead atoms. The van der Waals surface area contributed by atoms with Gasteiger partial charge in [-0.05, 0) is 50.5 Å². The summed E-state index contributed by atoms with van der Waals surface area (Å²) in [5.41, 5.74) is 0. The van der Waals surface area contributed by atoms with E-state index in [-0.39, 0.29) is 19.4 Å². The Morgan fingerprint density at radius 1 is 0.676 bits per heavy atom. The maximum absolute atomic E-state index is 12.5. The summed E-state index contributed by atoms with van der Waals surface area (Å²) in [7, 11) is 0. The van der Waals surface area contributed by atoms with E-state index in [1.54, 1.807) is 25.7 Å². The predicted octanol–water partition coefficient (Wildman–Crippen LogP) is 5.31. The molecule has 0 radical (unpaired) electrons. The average molecular weight is 523 g/mol. The van der Waals surface area contributed by atoms with E-state index in [0.29, 0.717) is 13.2 Å². The van der Waals surface area contributed by atoms with Crippen LogP contribution in [-0.4, -0.2) is 37.2 Å². The van der Waals surface area contributed by atoms with E-state index >= 15 is 0 Å². The molecule has 0 saturated carbocycles. The molecule has 37 heavy (non-hydrogen) atoms. The molecule has 0 saturated heterocycles. The van der Waals surface area contributed by atoms with Crippen molar-refractivity contribution in [2.75, 3.05) is 13.2 Å². The molecule has 5 nitrogen and oxygen atoms in total. The molecule has 0 aliphatic heterocycles. The van der Waals surface area contributed by atoms with E-state index in [4.69, 9.17) is 9.53 Å². The van der Waals surface area contributed by atoms with Gasteiger partial charge in [-0.3, -0.25) is 0 Å². The number of allylic oxidation sites excluding steroid dienone is 1. The molecular formula is C31H39O5P. The third-order valence-electron chi connectivity index (χ3n) is 4.67. The highest BCUT2D eigenvalue weighted by atomic mass is 31.2. The predicted molar refractivity (Wildman–Crippen MR) is 158 cm³/mol. The molecule has 0 fully saturated rings. The molecule has 0 N–H and O–H groups in total. The van der Waals surface area contributed by atoms with Crippen molar-refractivity contribution in [1.29, 1.82) is 0 Å². The summed E-state index contributed by atoms with van der Waals surface area (Å²) in [6.45, 7) is 5.41. The second-order valence-electron chi connectivity index (χ2n) is 7.10. The number of carbonyl (C=O) groups excluding carboxylic acids is 3. The van der Waals surface area contributed by atoms with Crippen LogP contribution in [0.25, 0.3) is 0 Å². The van der Waals surface area contributed by atoms with Gasteiger partial charge in [0, 0.05) is 11.9 Å². The summed E-state index contributed by atoms with van der Waals surface area (Å²) in [6.07, 6.45) is 3.79. The quantitative estimate of drug-likeness (QED) is 0.182. The number of hydrogen-bond acceptors (Lipinski definition) is 5. The third-order valence-corrected chi connectivity index (χ3v) is 8.60. The number of aldehydes is 1. The lowest BCUT2D eigenvalue weighted by Gasteiger charge is -2.28. The summed E-state index contributed by atoms with van der Waals surface area (Å²) in [6, 6.07) is 30.7. The number of benzene rings is 3. The van der Waals surface area contributed by atoms with Crippen LogP contribution in [0.2, 0.25) is 0 Å². The minimum absolute atomic E-state index is 0. The van der Waals surface area contributed by atoms with Crippen molar-refractivity contribution in [3.05, 3.63) is 103 Å². The SMILES string of the molecule is C.C/C=C/C(=O)OCC.CC=O.CCOC(=O)C=P(c1ccccc1)(c1ccccc1)c1ccccc1. The van der Waals surface area contributed by atoms with Crippen molar-refractivity contribution >= 4 is 46.8 Å². The highest BCUT2D eigenvalue weighted by Gasteiger charge is 2.26. The molecule has 198 valence electrons. The first kappa shape index (κ1) is 33.3. The second kappa shape index (κ2) is 19.5. The molecule has 0 heterocycles. The van der Waals surface area contributed by atoms with E-state index in [0.717, 1.165) is 22.2 Å². The van der Waals surface area contributed by atoms with Gasteiger partial charge in [-0.1, -0.05) is 104 Å². The standard InChI is InChI=1S/C22H21O2P.C6H10O2.C2H4O.CH4/c1-2-24-22(23)18-25(19-12-6-3-7-13-19,20-14-8-4-9-15-20)21-16-10-5-11-17-21;1-3-5-6(7)8-4-2;1-2-3;/h3-18H,2H2,1H3;3,5H,4H2,1-2H3;2H,1H3;1H4/b;5-3+;;. The van der Waals surface area contributed by atoms with Crippen LogP contribution in [0.3, 0.4) is 0 Å². The fourth-order valence-corrected chi connectivity index (χ4v) is 6.98. The van der Waals surface area contributed by atoms with Gasteiger partial charge in [-0.2, -0.15) is 0 Å². The lowest BCUT2D eigenvalue weighted by atomic mass is 10.4. The van der Waals surface area contributed by atoms with Gasteiger partial charge in [0.25, 0.3) is 0 Å². The van der Waals surface area contributed by atoms with Crippen LogP contribution in [0.15, 0.2) is 103 Å². The van der Waals surface area contributed by atoms with E-state index in [2.05, 4.69) is 41.1 Å². The summed E-state index contributed by atoms with van der Waals surface area (Å²) >= 11 is 0. The van der Waals surface area contributed by atoms with Gasteiger partial charge < -0.3 is 14.3 Å². The summed E-state index contributed by atoms with van der Waals surface area (Å²) < 4.78 is 9.85. The van der Waals surface area contributed by atoms with Gasteiger partial charge in [0.1, 0.15) is 6.29 Å². The fourth-order valence-electron chi connectivity index (χ4n) is 3.32. The number of rotatable bonds is 7. The zero-order chi connectivity index (χ0) is 26.7. The first-order valence-electron chi connectivity index (χ1n) is 11.8. The zero-order valence-corrected chi connectivity index (χ0v) is 22.3. The van der Waals surface area contributed by atoms with Gasteiger partial charge in [-0.15, -0.1) is 0 Å². The maximum Gasteiger partial charge on any atom is 0.331 e. The Hall–Kier alpha value is -3.69. The van der Waals surface area contributed by atoms with E-state index in [1.807, 2.05) is 61.5 Å². The van der Waals surface area contributed by atoms with E-state index < -0.39 is 6.89 Å². The normalized spacial score (nSPS) is 9.84. The molecule has 0 spiro atoms. The topological polar surface area (TPSA) is 69.7 Å². The maximum atomic E-state index is 12.5. The number of ether oxygens (including phenoxy) is 2. The minimum Gasteiger partial charge on any atom is -0.463 e. The van der Waals surface area contributed by atoms with Crippen molar-refractivity contribution in [2.24, 2.45) is 0 Å². The van der Waals surface area contributed by atoms with Crippen LogP contribution in [0.1, 0.15) is 35.1 Å². The lowest BCUT2D eigenvalue weighted by molar-refractivity contribution is -0.137. The van der Waals surface area contributed by atoms with Crippen LogP contribution in [-0.2, 0) is 23.9 Å². The van der Waals surface area contributed by atoms with Crippen molar-refractivity contribution in [3.63, 3.8) is 0 Å². The largest absolute Gasteiger partial charge is 0.463 e. The first-order valence-corrected chi connectivity index (χ1v) is 13.6. The highest BCUT2D eigenvalue weighted by Crippen LogP contribution is 2.43. The van der Waals surface area contributed by atoms with Gasteiger partial charge >= 0.3 is 11.9 Å². The van der Waals surface area contributed by atoms with Crippen LogP contribution in [0, 0.1) is 0 Å². The van der Waals surface area contributed by atoms with Crippen LogP contribution in [0.4, 0.5) is 0 Å². The fraction of sp³-hybridized carbons (Fsp3) is 0.226. The summed E-state index contributed by atoms with van der Waals surface area (Å²) in [4.78, 5) is 31.7. The monoisotopic (exact) mass is 522 g/mol. The van der Waals surface area contributed by atoms with Crippen molar-refractivity contribution in [2.45, 2.75) is 35.1 Å². The van der Waals surface area contributed by atoms with Gasteiger partial charge in [0.15, 0.2) is 0 Å². The minimum atomic E-state index is -2.24. The molecule has 0 aliphatic carbocycles. The Balaban J connectivity index is 0.000000918. The molecular weight excluding hydrogens is 483 g/mol. The van der Waals surface area contributed by atoms with Crippen molar-refractivity contribution < 1.29 is 23.9 Å². The van der Waals surface area contributed by atoms with Gasteiger partial charge in [0.2, 0.25) is 0 Å². The molecule has 3 aromatic rings. The second-order valence-corrected chi connectivity index (χ2v) is 10.4. The number of esters is 2. The zero-order valence-electron chi connectivity index (χ0n) is 21.4. The van der Waals surface area contributed by atoms with Crippen molar-refractivity contribution in [3.8, 4) is 0 Å². The molecule has 0 amide bonds. The molecule has 3 aromatic carbocycles. The lowest BCUT2D eigenvalue weighted by Crippen LogP contribution is -2.29. The van der Waals surface area contributed by atoms with E-state index in [1.165, 1.54) is 13.0 Å². The Morgan fingerprint density at radius 3 is 1.30 bits per heavy atom. The summed E-state index contributed by atoms with van der Waals surface area (Å²) in [5.74, 6) is 1.26. The summed E-state index contributed by atoms with van der Waals surface area (Å²) in [5, 5.41) is 3.42. The number of carbonyl (C=O) groups is 3. The van der Waals surface area contributed by atoms with Crippen LogP contribution in [0.5, 0.6) is 0 Å². The molecule has 0 unspecified atom stereocenters. The Kier molecular flexibility index (Phi) is 17.5. The smallest absolute Gasteiger partial charge is 0.331 e. The highest BCUT2D eigenvalue weighted by molar-refractivity contribution is 7.95. The first-order chi connectivity index (χ1) is 17.5. The molecule has 6 heteroatoms. The Morgan fingerprint density at radius 2 is 1.00 bits per heavy atom. The van der Waals surface area contributed by atoms with Crippen molar-refractivity contribution in [1.82, 2.24) is 0 Å². The van der Waals surface area contributed by atoms with Gasteiger partial charge in [-0.25, -0.2) is 9.59 Å². The Labute approximate surface area is 222 Å². The average Bonchev–Trinajstić information content (AvgIpc) is 2.90. The molecule has 3 rings (SSSR count). The van der Waals surface area contributed by atoms with Crippen LogP contribution < -0.4 is 15.9 Å². The Bertz CT molecular complexity index is 1020. The molecule has 0 aliphatic rings. The molecule has 0 atom stereocenters.